The van der Waals surface area contributed by atoms with E-state index in [1.54, 1.807) is 6.92 Å². The molecule has 2 N–H and O–H groups in total. The van der Waals surface area contributed by atoms with Crippen LogP contribution in [0.4, 0.5) is 8.78 Å². The number of nitrogens with zero attached hydrogens (tertiary/aromatic N) is 2. The van der Waals surface area contributed by atoms with Crippen LogP contribution in [-0.2, 0) is 5.54 Å². The molecule has 3 rings (SSSR count). The smallest absolute Gasteiger partial charge is 0.267 e. The molecule has 2 aromatic rings. The van der Waals surface area contributed by atoms with Crippen molar-refractivity contribution in [2.45, 2.75) is 37.8 Å². The van der Waals surface area contributed by atoms with E-state index in [1.165, 1.54) is 6.07 Å². The third-order valence-corrected chi connectivity index (χ3v) is 3.68. The van der Waals surface area contributed by atoms with Crippen molar-refractivity contribution < 1.29 is 18.0 Å². The molecule has 0 bridgehead atoms. The van der Waals surface area contributed by atoms with Gasteiger partial charge in [0.25, 0.3) is 5.89 Å². The summed E-state index contributed by atoms with van der Waals surface area (Å²) in [7, 11) is 0. The van der Waals surface area contributed by atoms with Crippen molar-refractivity contribution in [2.24, 2.45) is 5.73 Å². The van der Waals surface area contributed by atoms with Crippen LogP contribution < -0.4 is 10.5 Å². The molecule has 120 valence electrons. The Morgan fingerprint density at radius 3 is 2.64 bits per heavy atom. The number of aromatic nitrogens is 2. The minimum absolute atomic E-state index is 0. The van der Waals surface area contributed by atoms with Crippen molar-refractivity contribution >= 4 is 12.4 Å². The molecule has 0 spiro atoms. The molecule has 1 aromatic heterocycles. The molecule has 1 atom stereocenters. The van der Waals surface area contributed by atoms with Crippen LogP contribution in [0.1, 0.15) is 44.0 Å². The number of benzene rings is 1. The zero-order valence-electron chi connectivity index (χ0n) is 11.9. The van der Waals surface area contributed by atoms with Gasteiger partial charge in [-0.15, -0.1) is 12.4 Å². The maximum absolute atomic E-state index is 13.1. The largest absolute Gasteiger partial charge is 0.481 e. The van der Waals surface area contributed by atoms with E-state index >= 15 is 0 Å². The number of rotatable bonds is 4. The molecule has 8 heteroatoms. The van der Waals surface area contributed by atoms with E-state index in [-0.39, 0.29) is 24.0 Å². The lowest BCUT2D eigenvalue weighted by Gasteiger charge is -2.34. The average Bonchev–Trinajstić information content (AvgIpc) is 2.90. The highest BCUT2D eigenvalue weighted by molar-refractivity contribution is 5.85. The molecule has 1 aliphatic carbocycles. The first-order chi connectivity index (χ1) is 9.98. The summed E-state index contributed by atoms with van der Waals surface area (Å²) >= 11 is 0. The summed E-state index contributed by atoms with van der Waals surface area (Å²) in [6.45, 7) is 1.68. The molecule has 1 unspecified atom stereocenters. The summed E-state index contributed by atoms with van der Waals surface area (Å²) in [5, 5.41) is 3.88. The number of halogens is 3. The Hall–Kier alpha value is -1.73. The molecule has 0 amide bonds. The van der Waals surface area contributed by atoms with Gasteiger partial charge < -0.3 is 15.0 Å². The third kappa shape index (κ3) is 3.05. The average molecular weight is 332 g/mol. The lowest BCUT2D eigenvalue weighted by molar-refractivity contribution is 0.173. The molecule has 1 fully saturated rings. The van der Waals surface area contributed by atoms with Gasteiger partial charge in [0.2, 0.25) is 0 Å². The van der Waals surface area contributed by atoms with E-state index in [4.69, 9.17) is 15.0 Å². The fraction of sp³-hybridized carbons (Fsp3) is 0.429. The van der Waals surface area contributed by atoms with Gasteiger partial charge in [0, 0.05) is 6.07 Å². The van der Waals surface area contributed by atoms with Gasteiger partial charge in [-0.3, -0.25) is 0 Å². The van der Waals surface area contributed by atoms with Gasteiger partial charge in [0.1, 0.15) is 5.75 Å². The van der Waals surface area contributed by atoms with E-state index in [9.17, 15) is 8.78 Å². The molecule has 1 saturated carbocycles. The quantitative estimate of drug-likeness (QED) is 0.930. The van der Waals surface area contributed by atoms with Gasteiger partial charge in [-0.1, -0.05) is 5.16 Å². The molecule has 0 aliphatic heterocycles. The van der Waals surface area contributed by atoms with Crippen LogP contribution in [0.5, 0.6) is 5.75 Å². The van der Waals surface area contributed by atoms with Crippen LogP contribution in [-0.4, -0.2) is 10.1 Å². The number of nitrogens with two attached hydrogens (primary N) is 1. The van der Waals surface area contributed by atoms with E-state index in [2.05, 4.69) is 10.1 Å². The van der Waals surface area contributed by atoms with Crippen molar-refractivity contribution in [3.63, 3.8) is 0 Å². The van der Waals surface area contributed by atoms with Crippen LogP contribution in [0.2, 0.25) is 0 Å². The van der Waals surface area contributed by atoms with Crippen molar-refractivity contribution in [3.8, 4) is 5.75 Å². The predicted octanol–water partition coefficient (Wildman–Crippen LogP) is 3.25. The van der Waals surface area contributed by atoms with Gasteiger partial charge in [0.15, 0.2) is 23.6 Å². The molecule has 0 radical (unpaired) electrons. The summed E-state index contributed by atoms with van der Waals surface area (Å²) in [5.41, 5.74) is 5.60. The topological polar surface area (TPSA) is 74.2 Å². The molecule has 22 heavy (non-hydrogen) atoms. The Bertz CT molecular complexity index is 661. The first-order valence-corrected chi connectivity index (χ1v) is 6.73. The van der Waals surface area contributed by atoms with Crippen molar-refractivity contribution in [1.29, 1.82) is 0 Å². The highest BCUT2D eigenvalue weighted by atomic mass is 35.5. The molecular weight excluding hydrogens is 316 g/mol. The van der Waals surface area contributed by atoms with E-state index in [1.807, 2.05) is 0 Å². The summed E-state index contributed by atoms with van der Waals surface area (Å²) in [5.74, 6) is -0.991. The molecule has 1 aliphatic rings. The van der Waals surface area contributed by atoms with Gasteiger partial charge in [-0.2, -0.15) is 4.98 Å². The second kappa shape index (κ2) is 6.18. The molecule has 0 saturated heterocycles. The van der Waals surface area contributed by atoms with E-state index in [0.717, 1.165) is 31.4 Å². The number of hydrogen-bond donors (Lipinski definition) is 1. The lowest BCUT2D eigenvalue weighted by atomic mass is 9.77. The Labute approximate surface area is 132 Å². The van der Waals surface area contributed by atoms with Crippen LogP contribution in [0, 0.1) is 11.6 Å². The second-order valence-corrected chi connectivity index (χ2v) is 5.30. The predicted molar refractivity (Wildman–Crippen MR) is 76.7 cm³/mol. The fourth-order valence-corrected chi connectivity index (χ4v) is 2.19. The monoisotopic (exact) mass is 331 g/mol. The van der Waals surface area contributed by atoms with Crippen molar-refractivity contribution in [3.05, 3.63) is 41.5 Å². The van der Waals surface area contributed by atoms with Crippen molar-refractivity contribution in [2.75, 3.05) is 0 Å². The zero-order chi connectivity index (χ0) is 15.0. The van der Waals surface area contributed by atoms with Crippen LogP contribution in [0.15, 0.2) is 22.7 Å². The summed E-state index contributed by atoms with van der Waals surface area (Å²) in [6.07, 6.45) is 2.11. The molecular formula is C14H16ClF2N3O2. The van der Waals surface area contributed by atoms with E-state index < -0.39 is 23.3 Å². The van der Waals surface area contributed by atoms with Gasteiger partial charge in [0.05, 0.1) is 5.54 Å². The van der Waals surface area contributed by atoms with Gasteiger partial charge in [-0.05, 0) is 38.3 Å². The number of ether oxygens (including phenoxy) is 1. The van der Waals surface area contributed by atoms with Gasteiger partial charge >= 0.3 is 0 Å². The first kappa shape index (κ1) is 16.6. The van der Waals surface area contributed by atoms with Crippen LogP contribution >= 0.6 is 12.4 Å². The normalized spacial score (nSPS) is 17.3. The first-order valence-electron chi connectivity index (χ1n) is 6.73. The Kier molecular flexibility index (Phi) is 4.67. The molecule has 1 heterocycles. The maximum atomic E-state index is 13.1. The summed E-state index contributed by atoms with van der Waals surface area (Å²) < 4.78 is 36.6. The number of hydrogen-bond acceptors (Lipinski definition) is 5. The third-order valence-electron chi connectivity index (χ3n) is 3.68. The maximum Gasteiger partial charge on any atom is 0.267 e. The molecule has 1 aromatic carbocycles. The SMILES string of the molecule is CC(Oc1ccc(F)c(F)c1)c1nc(C2(N)CCC2)no1.Cl. The lowest BCUT2D eigenvalue weighted by Crippen LogP contribution is -2.44. The van der Waals surface area contributed by atoms with Gasteiger partial charge in [-0.25, -0.2) is 8.78 Å². The Morgan fingerprint density at radius 2 is 2.05 bits per heavy atom. The highest BCUT2D eigenvalue weighted by Gasteiger charge is 2.39. The fourth-order valence-electron chi connectivity index (χ4n) is 2.19. The zero-order valence-corrected chi connectivity index (χ0v) is 12.7. The Morgan fingerprint density at radius 1 is 1.32 bits per heavy atom. The summed E-state index contributed by atoms with van der Waals surface area (Å²) in [4.78, 5) is 4.24. The second-order valence-electron chi connectivity index (χ2n) is 5.30. The Balaban J connectivity index is 0.00000176. The van der Waals surface area contributed by atoms with E-state index in [0.29, 0.717) is 5.82 Å². The standard InChI is InChI=1S/C14H15F2N3O2.ClH/c1-8(20-9-3-4-10(15)11(16)7-9)12-18-13(19-21-12)14(17)5-2-6-14;/h3-4,7-8H,2,5-6,17H2,1H3;1H. The minimum Gasteiger partial charge on any atom is -0.481 e. The van der Waals surface area contributed by atoms with Crippen LogP contribution in [0.3, 0.4) is 0 Å². The molecule has 5 nitrogen and oxygen atoms in total. The minimum atomic E-state index is -0.971. The summed E-state index contributed by atoms with van der Waals surface area (Å²) in [6, 6.07) is 3.31. The van der Waals surface area contributed by atoms with Crippen LogP contribution in [0.25, 0.3) is 0 Å². The van der Waals surface area contributed by atoms with Crippen molar-refractivity contribution in [1.82, 2.24) is 10.1 Å². The highest BCUT2D eigenvalue weighted by Crippen LogP contribution is 2.37.